The van der Waals surface area contributed by atoms with Crippen molar-refractivity contribution >= 4 is 17.8 Å². The molecule has 1 aromatic heterocycles. The van der Waals surface area contributed by atoms with Crippen molar-refractivity contribution in [3.8, 4) is 0 Å². The largest absolute Gasteiger partial charge is 0.480 e. The molecule has 3 N–H and O–H groups in total. The number of hydrogen-bond acceptors (Lipinski definition) is 4. The van der Waals surface area contributed by atoms with E-state index < -0.39 is 17.3 Å². The lowest BCUT2D eigenvalue weighted by molar-refractivity contribution is -0.149. The number of rotatable bonds is 7. The van der Waals surface area contributed by atoms with E-state index in [1.165, 1.54) is 6.26 Å². The number of carboxylic acid groups (broad SMARTS) is 1. The zero-order valence-electron chi connectivity index (χ0n) is 11.8. The minimum Gasteiger partial charge on any atom is -0.480 e. The van der Waals surface area contributed by atoms with Crippen LogP contribution in [-0.2, 0) is 9.59 Å². The molecular weight excluding hydrogens is 276 g/mol. The molecule has 21 heavy (non-hydrogen) atoms. The summed E-state index contributed by atoms with van der Waals surface area (Å²) in [6.07, 6.45) is 2.75. The summed E-state index contributed by atoms with van der Waals surface area (Å²) in [7, 11) is 0. The first-order valence-corrected chi connectivity index (χ1v) is 6.81. The van der Waals surface area contributed by atoms with Gasteiger partial charge in [0.05, 0.1) is 6.26 Å². The van der Waals surface area contributed by atoms with Gasteiger partial charge in [-0.3, -0.25) is 14.4 Å². The Hall–Kier alpha value is -2.31. The smallest absolute Gasteiger partial charge is 0.319 e. The highest BCUT2D eigenvalue weighted by Crippen LogP contribution is 2.45. The van der Waals surface area contributed by atoms with Gasteiger partial charge in [0, 0.05) is 18.7 Å². The summed E-state index contributed by atoms with van der Waals surface area (Å²) in [6, 6.07) is 1.70. The van der Waals surface area contributed by atoms with Crippen molar-refractivity contribution in [2.45, 2.75) is 26.2 Å². The molecule has 7 heteroatoms. The van der Waals surface area contributed by atoms with Crippen molar-refractivity contribution in [1.29, 1.82) is 0 Å². The van der Waals surface area contributed by atoms with Gasteiger partial charge in [0.15, 0.2) is 5.76 Å². The molecule has 0 spiro atoms. The normalized spacial score (nSPS) is 15.3. The van der Waals surface area contributed by atoms with Gasteiger partial charge in [-0.15, -0.1) is 0 Å². The molecule has 0 aromatic carbocycles. The monoisotopic (exact) mass is 294 g/mol. The third-order valence-corrected chi connectivity index (χ3v) is 3.59. The third-order valence-electron chi connectivity index (χ3n) is 3.59. The molecule has 2 rings (SSSR count). The lowest BCUT2D eigenvalue weighted by Gasteiger charge is -2.10. The molecule has 7 nitrogen and oxygen atoms in total. The number of carbonyl (C=O) groups excluding carboxylic acids is 2. The molecule has 1 heterocycles. The SMILES string of the molecule is Cc1ccoc1C(=O)NCCCNC(=O)C1(C(=O)O)CC1. The molecule has 114 valence electrons. The maximum absolute atomic E-state index is 11.7. The third kappa shape index (κ3) is 3.24. The molecule has 0 radical (unpaired) electrons. The van der Waals surface area contributed by atoms with Gasteiger partial charge in [0.25, 0.3) is 5.91 Å². The van der Waals surface area contributed by atoms with E-state index in [-0.39, 0.29) is 11.7 Å². The summed E-state index contributed by atoms with van der Waals surface area (Å²) in [5.41, 5.74) is -0.452. The Morgan fingerprint density at radius 3 is 2.48 bits per heavy atom. The molecule has 1 fully saturated rings. The van der Waals surface area contributed by atoms with Crippen molar-refractivity contribution in [1.82, 2.24) is 10.6 Å². The van der Waals surface area contributed by atoms with E-state index in [0.717, 1.165) is 5.56 Å². The van der Waals surface area contributed by atoms with Crippen molar-refractivity contribution in [3.63, 3.8) is 0 Å². The van der Waals surface area contributed by atoms with Gasteiger partial charge in [-0.05, 0) is 32.3 Å². The average molecular weight is 294 g/mol. The molecule has 0 bridgehead atoms. The molecule has 0 atom stereocenters. The Morgan fingerprint density at radius 1 is 1.29 bits per heavy atom. The van der Waals surface area contributed by atoms with Crippen LogP contribution in [0.2, 0.25) is 0 Å². The summed E-state index contributed by atoms with van der Waals surface area (Å²) >= 11 is 0. The molecule has 2 amide bonds. The van der Waals surface area contributed by atoms with Crippen LogP contribution in [0.5, 0.6) is 0 Å². The van der Waals surface area contributed by atoms with Crippen LogP contribution in [-0.4, -0.2) is 36.0 Å². The summed E-state index contributed by atoms with van der Waals surface area (Å²) in [5, 5.41) is 14.2. The fraction of sp³-hybridized carbons (Fsp3) is 0.500. The highest BCUT2D eigenvalue weighted by molar-refractivity contribution is 6.04. The van der Waals surface area contributed by atoms with Gasteiger partial charge >= 0.3 is 5.97 Å². The van der Waals surface area contributed by atoms with E-state index in [1.54, 1.807) is 13.0 Å². The standard InChI is InChI=1S/C14H18N2O5/c1-9-3-8-21-10(9)11(17)15-6-2-7-16-12(18)14(4-5-14)13(19)20/h3,8H,2,4-7H2,1H3,(H,15,17)(H,16,18)(H,19,20). The highest BCUT2D eigenvalue weighted by Gasteiger charge is 2.56. The van der Waals surface area contributed by atoms with Crippen LogP contribution in [0, 0.1) is 12.3 Å². The Balaban J connectivity index is 1.65. The van der Waals surface area contributed by atoms with Crippen LogP contribution >= 0.6 is 0 Å². The van der Waals surface area contributed by atoms with Gasteiger partial charge in [0.1, 0.15) is 5.41 Å². The summed E-state index contributed by atoms with van der Waals surface area (Å²) < 4.78 is 5.05. The van der Waals surface area contributed by atoms with Gasteiger partial charge in [-0.2, -0.15) is 0 Å². The first kappa shape index (κ1) is 15.1. The molecule has 1 aromatic rings. The van der Waals surface area contributed by atoms with Crippen molar-refractivity contribution in [2.75, 3.05) is 13.1 Å². The number of hydrogen-bond donors (Lipinski definition) is 3. The number of furan rings is 1. The van der Waals surface area contributed by atoms with Crippen LogP contribution in [0.3, 0.4) is 0 Å². The fourth-order valence-corrected chi connectivity index (χ4v) is 2.01. The first-order valence-electron chi connectivity index (χ1n) is 6.81. The van der Waals surface area contributed by atoms with Crippen LogP contribution < -0.4 is 10.6 Å². The Morgan fingerprint density at radius 2 is 1.95 bits per heavy atom. The van der Waals surface area contributed by atoms with Gasteiger partial charge < -0.3 is 20.2 Å². The van der Waals surface area contributed by atoms with Crippen LogP contribution in [0.4, 0.5) is 0 Å². The lowest BCUT2D eigenvalue weighted by atomic mass is 10.1. The van der Waals surface area contributed by atoms with E-state index in [2.05, 4.69) is 10.6 Å². The number of nitrogens with one attached hydrogen (secondary N) is 2. The lowest BCUT2D eigenvalue weighted by Crippen LogP contribution is -2.38. The van der Waals surface area contributed by atoms with E-state index >= 15 is 0 Å². The van der Waals surface area contributed by atoms with Crippen LogP contribution in [0.1, 0.15) is 35.4 Å². The number of carbonyl (C=O) groups is 3. The Bertz CT molecular complexity index is 559. The second-order valence-electron chi connectivity index (χ2n) is 5.19. The Kier molecular flexibility index (Phi) is 4.30. The summed E-state index contributed by atoms with van der Waals surface area (Å²) in [6.45, 7) is 2.48. The summed E-state index contributed by atoms with van der Waals surface area (Å²) in [4.78, 5) is 34.4. The van der Waals surface area contributed by atoms with Crippen molar-refractivity contribution < 1.29 is 23.9 Å². The first-order chi connectivity index (χ1) is 9.97. The summed E-state index contributed by atoms with van der Waals surface area (Å²) in [5.74, 6) is -1.53. The van der Waals surface area contributed by atoms with Crippen LogP contribution in [0.25, 0.3) is 0 Å². The number of carboxylic acids is 1. The second kappa shape index (κ2) is 5.99. The Labute approximate surface area is 121 Å². The van der Waals surface area contributed by atoms with E-state index in [9.17, 15) is 14.4 Å². The minimum atomic E-state index is -1.21. The van der Waals surface area contributed by atoms with Crippen LogP contribution in [0.15, 0.2) is 16.7 Å². The molecule has 1 aliphatic carbocycles. The maximum atomic E-state index is 11.7. The van der Waals surface area contributed by atoms with Gasteiger partial charge in [0.2, 0.25) is 5.91 Å². The minimum absolute atomic E-state index is 0.279. The van der Waals surface area contributed by atoms with Gasteiger partial charge in [-0.1, -0.05) is 0 Å². The van der Waals surface area contributed by atoms with Gasteiger partial charge in [-0.25, -0.2) is 0 Å². The molecule has 0 unspecified atom stereocenters. The molecule has 1 saturated carbocycles. The predicted molar refractivity (Wildman–Crippen MR) is 72.7 cm³/mol. The zero-order chi connectivity index (χ0) is 15.5. The van der Waals surface area contributed by atoms with Crippen molar-refractivity contribution in [2.24, 2.45) is 5.41 Å². The second-order valence-corrected chi connectivity index (χ2v) is 5.19. The maximum Gasteiger partial charge on any atom is 0.319 e. The van der Waals surface area contributed by atoms with Crippen molar-refractivity contribution in [3.05, 3.63) is 23.7 Å². The number of aryl methyl sites for hydroxylation is 1. The topological polar surface area (TPSA) is 109 Å². The fourth-order valence-electron chi connectivity index (χ4n) is 2.01. The molecule has 0 aliphatic heterocycles. The number of amides is 2. The zero-order valence-corrected chi connectivity index (χ0v) is 11.8. The highest BCUT2D eigenvalue weighted by atomic mass is 16.4. The molecule has 0 saturated heterocycles. The quantitative estimate of drug-likeness (QED) is 0.506. The molecular formula is C14H18N2O5. The number of aliphatic carboxylic acids is 1. The predicted octanol–water partition coefficient (Wildman–Crippen LogP) is 0.689. The molecule has 1 aliphatic rings. The van der Waals surface area contributed by atoms with E-state index in [0.29, 0.717) is 32.4 Å². The van der Waals surface area contributed by atoms with E-state index in [1.807, 2.05) is 0 Å². The van der Waals surface area contributed by atoms with E-state index in [4.69, 9.17) is 9.52 Å². The average Bonchev–Trinajstić information content (AvgIpc) is 3.15.